The fourth-order valence-corrected chi connectivity index (χ4v) is 2.33. The molecule has 0 aromatic heterocycles. The molecule has 0 aromatic rings. The van der Waals surface area contributed by atoms with Crippen molar-refractivity contribution in [3.05, 3.63) is 0 Å². The zero-order valence-corrected chi connectivity index (χ0v) is 8.39. The largest absolute Gasteiger partial charge is 0.390 e. The van der Waals surface area contributed by atoms with Crippen molar-refractivity contribution in [1.29, 1.82) is 0 Å². The summed E-state index contributed by atoms with van der Waals surface area (Å²) in [4.78, 5) is 0. The smallest absolute Gasteiger partial charge is 0.0801 e. The fourth-order valence-electron chi connectivity index (χ4n) is 1.76. The van der Waals surface area contributed by atoms with Crippen molar-refractivity contribution in [3.8, 4) is 0 Å². The first-order valence-electron chi connectivity index (χ1n) is 4.59. The average molecular weight is 190 g/mol. The Morgan fingerprint density at radius 1 is 1.25 bits per heavy atom. The molecule has 1 fully saturated rings. The quantitative estimate of drug-likeness (QED) is 0.704. The van der Waals surface area contributed by atoms with E-state index in [0.29, 0.717) is 5.92 Å². The minimum absolute atomic E-state index is 0.462. The first-order chi connectivity index (χ1) is 5.74. The van der Waals surface area contributed by atoms with Crippen molar-refractivity contribution in [3.63, 3.8) is 0 Å². The van der Waals surface area contributed by atoms with Crippen LogP contribution in [-0.2, 0) is 0 Å². The zero-order valence-electron chi connectivity index (χ0n) is 7.57. The van der Waals surface area contributed by atoms with Gasteiger partial charge in [0, 0.05) is 0 Å². The molecule has 0 amide bonds. The van der Waals surface area contributed by atoms with Gasteiger partial charge in [0.15, 0.2) is 0 Å². The molecule has 0 saturated heterocycles. The Balaban J connectivity index is 2.21. The summed E-state index contributed by atoms with van der Waals surface area (Å²) in [6, 6.07) is 0. The van der Waals surface area contributed by atoms with Crippen LogP contribution >= 0.6 is 11.8 Å². The van der Waals surface area contributed by atoms with Crippen LogP contribution in [0.1, 0.15) is 25.7 Å². The Labute approximate surface area is 78.4 Å². The number of hydrogen-bond acceptors (Lipinski definition) is 3. The van der Waals surface area contributed by atoms with E-state index < -0.39 is 12.2 Å². The summed E-state index contributed by atoms with van der Waals surface area (Å²) in [5.74, 6) is 1.81. The molecule has 2 nitrogen and oxygen atoms in total. The summed E-state index contributed by atoms with van der Waals surface area (Å²) in [5, 5.41) is 18.7. The highest BCUT2D eigenvalue weighted by molar-refractivity contribution is 7.98. The van der Waals surface area contributed by atoms with Crippen LogP contribution in [0.3, 0.4) is 0 Å². The second kappa shape index (κ2) is 5.10. The van der Waals surface area contributed by atoms with Crippen LogP contribution in [0, 0.1) is 5.92 Å². The predicted octanol–water partition coefficient (Wildman–Crippen LogP) is 1.26. The number of aliphatic hydroxyl groups is 2. The molecule has 1 aliphatic rings. The van der Waals surface area contributed by atoms with Crippen molar-refractivity contribution < 1.29 is 10.2 Å². The lowest BCUT2D eigenvalue weighted by Crippen LogP contribution is -2.33. The zero-order chi connectivity index (χ0) is 8.97. The molecule has 0 bridgehead atoms. The van der Waals surface area contributed by atoms with E-state index in [1.165, 1.54) is 12.2 Å². The van der Waals surface area contributed by atoms with Gasteiger partial charge in [0.1, 0.15) is 0 Å². The Morgan fingerprint density at radius 3 is 2.58 bits per heavy atom. The van der Waals surface area contributed by atoms with Crippen molar-refractivity contribution in [2.75, 3.05) is 12.0 Å². The highest BCUT2D eigenvalue weighted by Gasteiger charge is 2.26. The molecule has 0 heterocycles. The van der Waals surface area contributed by atoms with Gasteiger partial charge in [-0.25, -0.2) is 0 Å². The van der Waals surface area contributed by atoms with Gasteiger partial charge in [0.2, 0.25) is 0 Å². The van der Waals surface area contributed by atoms with Crippen LogP contribution in [0.15, 0.2) is 0 Å². The maximum absolute atomic E-state index is 9.39. The summed E-state index contributed by atoms with van der Waals surface area (Å²) in [6.07, 6.45) is 5.01. The molecule has 0 radical (unpaired) electrons. The first-order valence-corrected chi connectivity index (χ1v) is 5.98. The molecule has 3 atom stereocenters. The molecule has 3 unspecified atom stereocenters. The highest BCUT2D eigenvalue weighted by Crippen LogP contribution is 2.27. The summed E-state index contributed by atoms with van der Waals surface area (Å²) in [5.41, 5.74) is 0. The van der Waals surface area contributed by atoms with Crippen molar-refractivity contribution >= 4 is 11.8 Å². The van der Waals surface area contributed by atoms with Crippen LogP contribution < -0.4 is 0 Å². The molecule has 12 heavy (non-hydrogen) atoms. The molecule has 2 N–H and O–H groups in total. The monoisotopic (exact) mass is 190 g/mol. The molecule has 0 aliphatic heterocycles. The van der Waals surface area contributed by atoms with Crippen LogP contribution in [0.4, 0.5) is 0 Å². The minimum atomic E-state index is -0.467. The van der Waals surface area contributed by atoms with E-state index in [9.17, 15) is 10.2 Å². The molecular weight excluding hydrogens is 172 g/mol. The lowest BCUT2D eigenvalue weighted by Gasteiger charge is -2.29. The van der Waals surface area contributed by atoms with Crippen LogP contribution in [-0.4, -0.2) is 34.4 Å². The third-order valence-electron chi connectivity index (χ3n) is 2.62. The second-order valence-electron chi connectivity index (χ2n) is 3.60. The second-order valence-corrected chi connectivity index (χ2v) is 4.58. The lowest BCUT2D eigenvalue weighted by atomic mass is 9.84. The minimum Gasteiger partial charge on any atom is -0.390 e. The Kier molecular flexibility index (Phi) is 4.40. The average Bonchev–Trinajstić information content (AvgIpc) is 2.07. The normalized spacial score (nSPS) is 36.8. The Bertz CT molecular complexity index is 128. The van der Waals surface area contributed by atoms with Crippen molar-refractivity contribution in [2.24, 2.45) is 5.92 Å². The standard InChI is InChI=1S/C9H18O2S/c1-12-5-4-7-2-3-8(10)9(11)6-7/h7-11H,2-6H2,1H3. The third-order valence-corrected chi connectivity index (χ3v) is 3.26. The molecule has 0 spiro atoms. The van der Waals surface area contributed by atoms with E-state index in [4.69, 9.17) is 0 Å². The Morgan fingerprint density at radius 2 is 2.00 bits per heavy atom. The topological polar surface area (TPSA) is 40.5 Å². The van der Waals surface area contributed by atoms with Gasteiger partial charge in [-0.15, -0.1) is 0 Å². The van der Waals surface area contributed by atoms with Gasteiger partial charge in [-0.2, -0.15) is 11.8 Å². The molecule has 72 valence electrons. The number of aliphatic hydroxyl groups excluding tert-OH is 2. The number of hydrogen-bond donors (Lipinski definition) is 2. The molecule has 1 rings (SSSR count). The maximum Gasteiger partial charge on any atom is 0.0801 e. The maximum atomic E-state index is 9.39. The van der Waals surface area contributed by atoms with Gasteiger partial charge >= 0.3 is 0 Å². The predicted molar refractivity (Wildman–Crippen MR) is 52.4 cm³/mol. The van der Waals surface area contributed by atoms with E-state index in [1.807, 2.05) is 11.8 Å². The third kappa shape index (κ3) is 2.96. The SMILES string of the molecule is CSCCC1CCC(O)C(O)C1. The summed E-state index contributed by atoms with van der Waals surface area (Å²) < 4.78 is 0. The Hall–Kier alpha value is 0.270. The first kappa shape index (κ1) is 10.4. The van der Waals surface area contributed by atoms with Gasteiger partial charge < -0.3 is 10.2 Å². The summed E-state index contributed by atoms with van der Waals surface area (Å²) >= 11 is 1.85. The number of thioether (sulfide) groups is 1. The van der Waals surface area contributed by atoms with Crippen molar-refractivity contribution in [1.82, 2.24) is 0 Å². The van der Waals surface area contributed by atoms with Crippen LogP contribution in [0.5, 0.6) is 0 Å². The molecule has 0 aromatic carbocycles. The van der Waals surface area contributed by atoms with Gasteiger partial charge in [-0.3, -0.25) is 0 Å². The van der Waals surface area contributed by atoms with Gasteiger partial charge in [0.25, 0.3) is 0 Å². The fraction of sp³-hybridized carbons (Fsp3) is 1.00. The summed E-state index contributed by atoms with van der Waals surface area (Å²) in [6.45, 7) is 0. The van der Waals surface area contributed by atoms with Crippen molar-refractivity contribution in [2.45, 2.75) is 37.9 Å². The van der Waals surface area contributed by atoms with Gasteiger partial charge in [-0.1, -0.05) is 0 Å². The van der Waals surface area contributed by atoms with Gasteiger partial charge in [-0.05, 0) is 43.6 Å². The highest BCUT2D eigenvalue weighted by atomic mass is 32.2. The van der Waals surface area contributed by atoms with Crippen LogP contribution in [0.2, 0.25) is 0 Å². The molecule has 3 heteroatoms. The van der Waals surface area contributed by atoms with E-state index in [1.54, 1.807) is 0 Å². The molecule has 1 saturated carbocycles. The van der Waals surface area contributed by atoms with E-state index >= 15 is 0 Å². The van der Waals surface area contributed by atoms with Gasteiger partial charge in [0.05, 0.1) is 12.2 Å². The lowest BCUT2D eigenvalue weighted by molar-refractivity contribution is -0.0256. The van der Waals surface area contributed by atoms with E-state index in [0.717, 1.165) is 19.3 Å². The van der Waals surface area contributed by atoms with E-state index in [2.05, 4.69) is 6.26 Å². The number of rotatable bonds is 3. The van der Waals surface area contributed by atoms with E-state index in [-0.39, 0.29) is 0 Å². The van der Waals surface area contributed by atoms with Crippen LogP contribution in [0.25, 0.3) is 0 Å². The molecule has 1 aliphatic carbocycles. The summed E-state index contributed by atoms with van der Waals surface area (Å²) in [7, 11) is 0. The molecular formula is C9H18O2S.